The topological polar surface area (TPSA) is 41.6 Å². The van der Waals surface area contributed by atoms with E-state index in [2.05, 4.69) is 5.32 Å². The summed E-state index contributed by atoms with van der Waals surface area (Å²) < 4.78 is 5.56. The normalized spacial score (nSPS) is 21.1. The molecule has 1 unspecified atom stereocenters. The van der Waals surface area contributed by atoms with Crippen LogP contribution in [0.3, 0.4) is 0 Å². The van der Waals surface area contributed by atoms with E-state index in [0.717, 1.165) is 12.1 Å². The standard InChI is InChI=1S/C11H16N2O2S/c1-12-6-10-7-13(3-4-15-10)11(14)9-2-5-16-8-9/h2,5,8,10,12H,3-4,6-7H2,1H3. The molecule has 1 aliphatic heterocycles. The molecule has 1 N–H and O–H groups in total. The number of nitrogens with one attached hydrogen (secondary N) is 1. The number of carbonyl (C=O) groups is 1. The SMILES string of the molecule is CNCC1CN(C(=O)c2ccsc2)CCO1. The van der Waals surface area contributed by atoms with Gasteiger partial charge in [0.25, 0.3) is 5.91 Å². The molecule has 0 saturated carbocycles. The van der Waals surface area contributed by atoms with Crippen molar-refractivity contribution in [2.24, 2.45) is 0 Å². The van der Waals surface area contributed by atoms with Gasteiger partial charge in [0.1, 0.15) is 0 Å². The Hall–Kier alpha value is -0.910. The first-order chi connectivity index (χ1) is 7.81. The number of carbonyl (C=O) groups excluding carboxylic acids is 1. The Morgan fingerprint density at radius 2 is 2.62 bits per heavy atom. The maximum atomic E-state index is 12.1. The third-order valence-corrected chi connectivity index (χ3v) is 3.31. The van der Waals surface area contributed by atoms with Crippen molar-refractivity contribution in [1.82, 2.24) is 10.2 Å². The molecule has 1 atom stereocenters. The highest BCUT2D eigenvalue weighted by Gasteiger charge is 2.24. The number of likely N-dealkylation sites (N-methyl/N-ethyl adjacent to an activating group) is 1. The first-order valence-corrected chi connectivity index (χ1v) is 6.33. The molecule has 1 saturated heterocycles. The number of ether oxygens (including phenoxy) is 1. The third-order valence-electron chi connectivity index (χ3n) is 2.63. The second-order valence-electron chi connectivity index (χ2n) is 3.81. The van der Waals surface area contributed by atoms with Gasteiger partial charge in [0.2, 0.25) is 0 Å². The number of morpholine rings is 1. The molecule has 1 aliphatic rings. The van der Waals surface area contributed by atoms with Gasteiger partial charge < -0.3 is 15.0 Å². The fraction of sp³-hybridized carbons (Fsp3) is 0.545. The molecule has 2 rings (SSSR count). The van der Waals surface area contributed by atoms with Crippen LogP contribution in [0.1, 0.15) is 10.4 Å². The molecule has 1 amide bonds. The van der Waals surface area contributed by atoms with E-state index in [-0.39, 0.29) is 12.0 Å². The van der Waals surface area contributed by atoms with Crippen molar-refractivity contribution in [3.63, 3.8) is 0 Å². The Balaban J connectivity index is 1.96. The van der Waals surface area contributed by atoms with Crippen molar-refractivity contribution >= 4 is 17.2 Å². The van der Waals surface area contributed by atoms with Crippen LogP contribution >= 0.6 is 11.3 Å². The maximum Gasteiger partial charge on any atom is 0.254 e. The van der Waals surface area contributed by atoms with Crippen molar-refractivity contribution in [3.8, 4) is 0 Å². The molecular weight excluding hydrogens is 224 g/mol. The average molecular weight is 240 g/mol. The Morgan fingerprint density at radius 1 is 1.75 bits per heavy atom. The van der Waals surface area contributed by atoms with Crippen molar-refractivity contribution in [1.29, 1.82) is 0 Å². The molecule has 0 spiro atoms. The van der Waals surface area contributed by atoms with Gasteiger partial charge in [-0.05, 0) is 18.5 Å². The summed E-state index contributed by atoms with van der Waals surface area (Å²) in [6.45, 7) is 2.78. The minimum Gasteiger partial charge on any atom is -0.373 e. The van der Waals surface area contributed by atoms with Crippen LogP contribution in [-0.4, -0.2) is 50.2 Å². The van der Waals surface area contributed by atoms with E-state index in [0.29, 0.717) is 19.7 Å². The highest BCUT2D eigenvalue weighted by Crippen LogP contribution is 2.12. The van der Waals surface area contributed by atoms with Gasteiger partial charge in [-0.3, -0.25) is 4.79 Å². The molecule has 88 valence electrons. The first-order valence-electron chi connectivity index (χ1n) is 5.39. The zero-order valence-electron chi connectivity index (χ0n) is 9.31. The number of rotatable bonds is 3. The summed E-state index contributed by atoms with van der Waals surface area (Å²) in [5.74, 6) is 0.116. The molecule has 2 heterocycles. The zero-order valence-corrected chi connectivity index (χ0v) is 10.1. The molecule has 0 aromatic carbocycles. The van der Waals surface area contributed by atoms with Crippen LogP contribution in [0.2, 0.25) is 0 Å². The lowest BCUT2D eigenvalue weighted by molar-refractivity contribution is -0.0196. The van der Waals surface area contributed by atoms with Gasteiger partial charge in [0, 0.05) is 25.0 Å². The molecule has 1 fully saturated rings. The van der Waals surface area contributed by atoms with Crippen molar-refractivity contribution in [3.05, 3.63) is 22.4 Å². The van der Waals surface area contributed by atoms with Crippen LogP contribution in [0, 0.1) is 0 Å². The molecule has 5 heteroatoms. The zero-order chi connectivity index (χ0) is 11.4. The number of nitrogens with zero attached hydrogens (tertiary/aromatic N) is 1. The summed E-state index contributed by atoms with van der Waals surface area (Å²) in [4.78, 5) is 13.9. The lowest BCUT2D eigenvalue weighted by Gasteiger charge is -2.32. The summed E-state index contributed by atoms with van der Waals surface area (Å²) >= 11 is 1.55. The molecule has 0 aliphatic carbocycles. The number of thiophene rings is 1. The van der Waals surface area contributed by atoms with Gasteiger partial charge >= 0.3 is 0 Å². The summed E-state index contributed by atoms with van der Waals surface area (Å²) in [5, 5.41) is 6.89. The van der Waals surface area contributed by atoms with Crippen LogP contribution in [0.15, 0.2) is 16.8 Å². The van der Waals surface area contributed by atoms with Gasteiger partial charge in [-0.15, -0.1) is 0 Å². The first kappa shape index (κ1) is 11.6. The Kier molecular flexibility index (Phi) is 3.93. The molecular formula is C11H16N2O2S. The molecule has 16 heavy (non-hydrogen) atoms. The second-order valence-corrected chi connectivity index (χ2v) is 4.59. The van der Waals surface area contributed by atoms with E-state index < -0.39 is 0 Å². The predicted octanol–water partition coefficient (Wildman–Crippen LogP) is 0.808. The lowest BCUT2D eigenvalue weighted by Crippen LogP contribution is -2.48. The third kappa shape index (κ3) is 2.61. The van der Waals surface area contributed by atoms with Gasteiger partial charge in [-0.2, -0.15) is 11.3 Å². The highest BCUT2D eigenvalue weighted by molar-refractivity contribution is 7.08. The van der Waals surface area contributed by atoms with Crippen molar-refractivity contribution in [2.45, 2.75) is 6.10 Å². The summed E-state index contributed by atoms with van der Waals surface area (Å²) in [6.07, 6.45) is 0.112. The smallest absolute Gasteiger partial charge is 0.254 e. The lowest BCUT2D eigenvalue weighted by atomic mass is 10.2. The van der Waals surface area contributed by atoms with E-state index >= 15 is 0 Å². The van der Waals surface area contributed by atoms with Crippen LogP contribution in [0.4, 0.5) is 0 Å². The molecule has 1 aromatic rings. The van der Waals surface area contributed by atoms with E-state index in [4.69, 9.17) is 4.74 Å². The minimum atomic E-state index is 0.112. The van der Waals surface area contributed by atoms with Gasteiger partial charge in [0.05, 0.1) is 18.3 Å². The van der Waals surface area contributed by atoms with Crippen molar-refractivity contribution < 1.29 is 9.53 Å². The van der Waals surface area contributed by atoms with Crippen LogP contribution < -0.4 is 5.32 Å². The summed E-state index contributed by atoms with van der Waals surface area (Å²) in [7, 11) is 1.89. The Morgan fingerprint density at radius 3 is 3.31 bits per heavy atom. The number of hydrogen-bond acceptors (Lipinski definition) is 4. The quantitative estimate of drug-likeness (QED) is 0.850. The fourth-order valence-corrected chi connectivity index (χ4v) is 2.45. The molecule has 0 radical (unpaired) electrons. The Bertz CT molecular complexity index is 338. The fourth-order valence-electron chi connectivity index (χ4n) is 1.82. The highest BCUT2D eigenvalue weighted by atomic mass is 32.1. The molecule has 0 bridgehead atoms. The van der Waals surface area contributed by atoms with E-state index in [1.54, 1.807) is 11.3 Å². The van der Waals surface area contributed by atoms with Crippen LogP contribution in [0.25, 0.3) is 0 Å². The monoisotopic (exact) mass is 240 g/mol. The van der Waals surface area contributed by atoms with Crippen molar-refractivity contribution in [2.75, 3.05) is 33.3 Å². The van der Waals surface area contributed by atoms with Crippen LogP contribution in [0.5, 0.6) is 0 Å². The Labute approximate surface area is 99.2 Å². The number of hydrogen-bond donors (Lipinski definition) is 1. The van der Waals surface area contributed by atoms with Gasteiger partial charge in [0.15, 0.2) is 0 Å². The second kappa shape index (κ2) is 5.43. The van der Waals surface area contributed by atoms with E-state index in [9.17, 15) is 4.79 Å². The predicted molar refractivity (Wildman–Crippen MR) is 63.9 cm³/mol. The van der Waals surface area contributed by atoms with E-state index in [1.165, 1.54) is 0 Å². The van der Waals surface area contributed by atoms with E-state index in [1.807, 2.05) is 28.8 Å². The summed E-state index contributed by atoms with van der Waals surface area (Å²) in [6, 6.07) is 1.87. The largest absolute Gasteiger partial charge is 0.373 e. The van der Waals surface area contributed by atoms with Gasteiger partial charge in [-0.25, -0.2) is 0 Å². The summed E-state index contributed by atoms with van der Waals surface area (Å²) in [5.41, 5.74) is 0.787. The average Bonchev–Trinajstić information content (AvgIpc) is 2.82. The number of amides is 1. The van der Waals surface area contributed by atoms with Crippen LogP contribution in [-0.2, 0) is 4.74 Å². The van der Waals surface area contributed by atoms with Gasteiger partial charge in [-0.1, -0.05) is 0 Å². The molecule has 4 nitrogen and oxygen atoms in total. The maximum absolute atomic E-state index is 12.1. The molecule has 1 aromatic heterocycles. The minimum absolute atomic E-state index is 0.112.